The van der Waals surface area contributed by atoms with E-state index < -0.39 is 15.4 Å². The molecule has 13 heavy (non-hydrogen) atoms. The van der Waals surface area contributed by atoms with Gasteiger partial charge < -0.3 is 0 Å². The third kappa shape index (κ3) is 3.46. The molecule has 0 spiro atoms. The topological polar surface area (TPSA) is 54.4 Å². The molecule has 0 fully saturated rings. The lowest BCUT2D eigenvalue weighted by Crippen LogP contribution is -2.16. The van der Waals surface area contributed by atoms with E-state index in [0.29, 0.717) is 12.8 Å². The molecule has 0 aliphatic rings. The highest BCUT2D eigenvalue weighted by Crippen LogP contribution is 2.12. The molecule has 0 aliphatic heterocycles. The van der Waals surface area contributed by atoms with Crippen LogP contribution >= 0.6 is 11.3 Å². The van der Waals surface area contributed by atoms with Crippen LogP contribution in [0.5, 0.6) is 0 Å². The van der Waals surface area contributed by atoms with Gasteiger partial charge in [0, 0.05) is 0 Å². The minimum Gasteiger partial charge on any atom is -0.285 e. The van der Waals surface area contributed by atoms with Crippen molar-refractivity contribution < 1.29 is 13.0 Å². The molecular formula is C8H12O3S2. The Morgan fingerprint density at radius 3 is 2.77 bits per heavy atom. The van der Waals surface area contributed by atoms with E-state index in [1.54, 1.807) is 11.3 Å². The van der Waals surface area contributed by atoms with Crippen molar-refractivity contribution in [1.29, 1.82) is 0 Å². The van der Waals surface area contributed by atoms with Crippen LogP contribution in [-0.2, 0) is 16.5 Å². The smallest absolute Gasteiger partial charge is 0.267 e. The predicted octanol–water partition coefficient (Wildman–Crippen LogP) is 1.96. The fraction of sp³-hybridized carbons (Fsp3) is 0.500. The van der Waals surface area contributed by atoms with Gasteiger partial charge in [-0.15, -0.1) is 0 Å². The van der Waals surface area contributed by atoms with E-state index in [4.69, 9.17) is 4.55 Å². The van der Waals surface area contributed by atoms with Crippen molar-refractivity contribution in [3.63, 3.8) is 0 Å². The second-order valence-electron chi connectivity index (χ2n) is 3.00. The highest BCUT2D eigenvalue weighted by atomic mass is 32.2. The van der Waals surface area contributed by atoms with Gasteiger partial charge >= 0.3 is 0 Å². The van der Waals surface area contributed by atoms with Gasteiger partial charge in [0.1, 0.15) is 0 Å². The van der Waals surface area contributed by atoms with Gasteiger partial charge in [-0.1, -0.05) is 0 Å². The largest absolute Gasteiger partial charge is 0.285 e. The molecule has 0 aliphatic carbocycles. The number of aryl methyl sites for hydroxylation is 1. The van der Waals surface area contributed by atoms with Crippen molar-refractivity contribution in [1.82, 2.24) is 0 Å². The first-order valence-electron chi connectivity index (χ1n) is 3.97. The Morgan fingerprint density at radius 2 is 2.31 bits per heavy atom. The SMILES string of the molecule is CC(CCc1ccsc1)S(=O)(=O)O. The first-order valence-corrected chi connectivity index (χ1v) is 6.42. The number of hydrogen-bond donors (Lipinski definition) is 1. The molecule has 0 saturated heterocycles. The van der Waals surface area contributed by atoms with Crippen LogP contribution in [0.25, 0.3) is 0 Å². The first kappa shape index (κ1) is 10.7. The molecule has 0 amide bonds. The van der Waals surface area contributed by atoms with Crippen LogP contribution in [0.3, 0.4) is 0 Å². The van der Waals surface area contributed by atoms with Gasteiger partial charge in [0.2, 0.25) is 0 Å². The maximum Gasteiger partial charge on any atom is 0.267 e. The standard InChI is InChI=1S/C8H12O3S2/c1-7(13(9,10)11)2-3-8-4-5-12-6-8/h4-7H,2-3H2,1H3,(H,9,10,11). The summed E-state index contributed by atoms with van der Waals surface area (Å²) in [5.41, 5.74) is 1.13. The second-order valence-corrected chi connectivity index (χ2v) is 5.61. The van der Waals surface area contributed by atoms with Gasteiger partial charge in [-0.25, -0.2) is 0 Å². The molecule has 0 radical (unpaired) electrons. The molecule has 1 unspecified atom stereocenters. The summed E-state index contributed by atoms with van der Waals surface area (Å²) in [6.07, 6.45) is 1.17. The van der Waals surface area contributed by atoms with E-state index >= 15 is 0 Å². The molecule has 0 aromatic carbocycles. The van der Waals surface area contributed by atoms with Crippen LogP contribution in [-0.4, -0.2) is 18.2 Å². The summed E-state index contributed by atoms with van der Waals surface area (Å²) in [7, 11) is -3.85. The average molecular weight is 220 g/mol. The molecule has 1 aromatic heterocycles. The lowest BCUT2D eigenvalue weighted by atomic mass is 10.1. The molecule has 0 bridgehead atoms. The van der Waals surface area contributed by atoms with Gasteiger partial charge in [-0.3, -0.25) is 4.55 Å². The molecular weight excluding hydrogens is 208 g/mol. The molecule has 1 aromatic rings. The molecule has 5 heteroatoms. The van der Waals surface area contributed by atoms with Crippen molar-refractivity contribution in [2.24, 2.45) is 0 Å². The highest BCUT2D eigenvalue weighted by Gasteiger charge is 2.16. The Balaban J connectivity index is 2.44. The Morgan fingerprint density at radius 1 is 1.62 bits per heavy atom. The first-order chi connectivity index (χ1) is 6.00. The van der Waals surface area contributed by atoms with Crippen LogP contribution in [0.15, 0.2) is 16.8 Å². The van der Waals surface area contributed by atoms with Crippen molar-refractivity contribution in [3.05, 3.63) is 22.4 Å². The van der Waals surface area contributed by atoms with Gasteiger partial charge in [-0.05, 0) is 42.2 Å². The summed E-state index contributed by atoms with van der Waals surface area (Å²) >= 11 is 1.59. The Kier molecular flexibility index (Phi) is 3.47. The van der Waals surface area contributed by atoms with Crippen molar-refractivity contribution in [2.45, 2.75) is 25.0 Å². The molecule has 0 saturated carbocycles. The summed E-state index contributed by atoms with van der Waals surface area (Å²) in [6.45, 7) is 1.52. The van der Waals surface area contributed by atoms with Crippen LogP contribution in [0, 0.1) is 0 Å². The monoisotopic (exact) mass is 220 g/mol. The van der Waals surface area contributed by atoms with Gasteiger partial charge in [-0.2, -0.15) is 19.8 Å². The Bertz CT molecular complexity index is 339. The van der Waals surface area contributed by atoms with Gasteiger partial charge in [0.25, 0.3) is 10.1 Å². The lowest BCUT2D eigenvalue weighted by Gasteiger charge is -2.05. The maximum atomic E-state index is 10.6. The van der Waals surface area contributed by atoms with Crippen LogP contribution in [0.2, 0.25) is 0 Å². The zero-order valence-electron chi connectivity index (χ0n) is 7.30. The minimum absolute atomic E-state index is 0.468. The normalized spacial score (nSPS) is 14.3. The zero-order valence-corrected chi connectivity index (χ0v) is 8.94. The summed E-state index contributed by atoms with van der Waals surface area (Å²) in [5, 5.41) is 3.26. The van der Waals surface area contributed by atoms with E-state index in [-0.39, 0.29) is 0 Å². The maximum absolute atomic E-state index is 10.6. The minimum atomic E-state index is -3.85. The van der Waals surface area contributed by atoms with Gasteiger partial charge in [0.15, 0.2) is 0 Å². The Hall–Kier alpha value is -0.390. The molecule has 1 N–H and O–H groups in total. The third-order valence-electron chi connectivity index (χ3n) is 1.93. The van der Waals surface area contributed by atoms with E-state index in [0.717, 1.165) is 5.56 Å². The third-order valence-corrected chi connectivity index (χ3v) is 3.91. The average Bonchev–Trinajstić information content (AvgIpc) is 2.50. The van der Waals surface area contributed by atoms with E-state index in [1.807, 2.05) is 16.8 Å². The lowest BCUT2D eigenvalue weighted by molar-refractivity contribution is 0.466. The molecule has 1 heterocycles. The Labute approximate surface area is 82.2 Å². The van der Waals surface area contributed by atoms with Crippen molar-refractivity contribution >= 4 is 21.5 Å². The summed E-state index contributed by atoms with van der Waals surface area (Å²) < 4.78 is 30.0. The van der Waals surface area contributed by atoms with Crippen LogP contribution in [0.1, 0.15) is 18.9 Å². The fourth-order valence-corrected chi connectivity index (χ4v) is 2.07. The number of thiophene rings is 1. The van der Waals surface area contributed by atoms with E-state index in [2.05, 4.69) is 0 Å². The van der Waals surface area contributed by atoms with Crippen LogP contribution < -0.4 is 0 Å². The molecule has 3 nitrogen and oxygen atoms in total. The molecule has 1 rings (SSSR count). The number of rotatable bonds is 4. The van der Waals surface area contributed by atoms with E-state index in [9.17, 15) is 8.42 Å². The number of hydrogen-bond acceptors (Lipinski definition) is 3. The van der Waals surface area contributed by atoms with Crippen LogP contribution in [0.4, 0.5) is 0 Å². The zero-order chi connectivity index (χ0) is 9.90. The van der Waals surface area contributed by atoms with Crippen molar-refractivity contribution in [3.8, 4) is 0 Å². The predicted molar refractivity (Wildman–Crippen MR) is 53.7 cm³/mol. The van der Waals surface area contributed by atoms with E-state index in [1.165, 1.54) is 6.92 Å². The second kappa shape index (κ2) is 4.21. The van der Waals surface area contributed by atoms with Crippen molar-refractivity contribution in [2.75, 3.05) is 0 Å². The molecule has 1 atom stereocenters. The summed E-state index contributed by atoms with van der Waals surface area (Å²) in [5.74, 6) is 0. The summed E-state index contributed by atoms with van der Waals surface area (Å²) in [6, 6.07) is 1.96. The highest BCUT2D eigenvalue weighted by molar-refractivity contribution is 7.86. The summed E-state index contributed by atoms with van der Waals surface area (Å²) in [4.78, 5) is 0. The quantitative estimate of drug-likeness (QED) is 0.789. The van der Waals surface area contributed by atoms with Gasteiger partial charge in [0.05, 0.1) is 5.25 Å². The molecule has 74 valence electrons. The fourth-order valence-electron chi connectivity index (χ4n) is 0.954.